The molecule has 0 spiro atoms. The van der Waals surface area contributed by atoms with Gasteiger partial charge in [0, 0.05) is 11.8 Å². The monoisotopic (exact) mass is 846 g/mol. The van der Waals surface area contributed by atoms with Gasteiger partial charge in [0.25, 0.3) is 0 Å². The van der Waals surface area contributed by atoms with Crippen LogP contribution in [-0.4, -0.2) is 47.3 Å². The summed E-state index contributed by atoms with van der Waals surface area (Å²) in [5.41, 5.74) is 0.770. The molecule has 10 radical (unpaired) electrons. The van der Waals surface area contributed by atoms with Crippen molar-refractivity contribution in [2.24, 2.45) is 20.8 Å². The summed E-state index contributed by atoms with van der Waals surface area (Å²) in [5.74, 6) is 4.51. The van der Waals surface area contributed by atoms with Gasteiger partial charge in [-0.1, -0.05) is 163 Å². The SMILES string of the molecule is CC(C)(C)[C@H]1COC([C]2[CH][CH][CH][C]2C(O)(c2ccccc2)c2ccccc2)=N1.CC(C)(C)[C@H]1COC([C]2[CH][CH][CH][C]2C(O)(c2ccccc2)c2ccccc2)=N1.[Ru+2]. The fraction of sp³-hybridized carbons (Fsp3) is 0.280. The molecule has 2 N–H and O–H groups in total. The van der Waals surface area contributed by atoms with Crippen LogP contribution in [0, 0.1) is 73.0 Å². The van der Waals surface area contributed by atoms with Crippen molar-refractivity contribution in [3.05, 3.63) is 206 Å². The number of aliphatic hydroxyl groups is 2. The predicted molar refractivity (Wildman–Crippen MR) is 224 cm³/mol. The Labute approximate surface area is 354 Å². The fourth-order valence-corrected chi connectivity index (χ4v) is 7.45. The molecule has 6 nitrogen and oxygen atoms in total. The van der Waals surface area contributed by atoms with Gasteiger partial charge in [0.05, 0.1) is 23.9 Å². The molecule has 4 aliphatic rings. The largest absolute Gasteiger partial charge is 2.00 e. The Bertz CT molecular complexity index is 1720. The minimum absolute atomic E-state index is 0. The Morgan fingerprint density at radius 1 is 0.456 bits per heavy atom. The second-order valence-corrected chi connectivity index (χ2v) is 16.8. The zero-order valence-electron chi connectivity index (χ0n) is 33.5. The van der Waals surface area contributed by atoms with Crippen molar-refractivity contribution in [2.45, 2.75) is 64.8 Å². The first-order valence-electron chi connectivity index (χ1n) is 19.4. The van der Waals surface area contributed by atoms with Crippen LogP contribution in [-0.2, 0) is 40.2 Å². The van der Waals surface area contributed by atoms with Crippen LogP contribution in [0.3, 0.4) is 0 Å². The van der Waals surface area contributed by atoms with E-state index in [-0.39, 0.29) is 42.4 Å². The van der Waals surface area contributed by atoms with Gasteiger partial charge in [-0.25, -0.2) is 9.98 Å². The minimum atomic E-state index is -1.28. The molecule has 2 fully saturated rings. The summed E-state index contributed by atoms with van der Waals surface area (Å²) in [7, 11) is 0. The van der Waals surface area contributed by atoms with E-state index in [1.807, 2.05) is 160 Å². The van der Waals surface area contributed by atoms with Crippen LogP contribution >= 0.6 is 0 Å². The van der Waals surface area contributed by atoms with Gasteiger partial charge in [0.15, 0.2) is 11.8 Å². The van der Waals surface area contributed by atoms with Gasteiger partial charge in [-0.3, -0.25) is 0 Å². The standard InChI is InChI=1S/2C25H26NO2.Ru/c2*1-24(2,3)22-17-28-23(26-22)20-15-10-16-21(20)25(27,18-11-6-4-7-12-18)19-13-8-5-9-14-19;/h2*4-16,22,27H,17H2,1-3H3;/q;;+2/t2*22-;/m11./s1. The first-order chi connectivity index (χ1) is 26.8. The van der Waals surface area contributed by atoms with Crippen molar-refractivity contribution in [2.75, 3.05) is 13.2 Å². The zero-order chi connectivity index (χ0) is 39.6. The first kappa shape index (κ1) is 43.0. The van der Waals surface area contributed by atoms with Crippen molar-refractivity contribution in [3.63, 3.8) is 0 Å². The van der Waals surface area contributed by atoms with E-state index in [0.717, 1.165) is 45.9 Å². The molecule has 57 heavy (non-hydrogen) atoms. The van der Waals surface area contributed by atoms with Gasteiger partial charge in [-0.2, -0.15) is 0 Å². The van der Waals surface area contributed by atoms with E-state index >= 15 is 0 Å². The van der Waals surface area contributed by atoms with Gasteiger partial charge < -0.3 is 19.7 Å². The number of benzene rings is 4. The summed E-state index contributed by atoms with van der Waals surface area (Å²) in [4.78, 5) is 9.69. The number of hydrogen-bond donors (Lipinski definition) is 2. The van der Waals surface area contributed by atoms with Crippen LogP contribution in [0.2, 0.25) is 0 Å². The molecule has 0 amide bonds. The number of aliphatic imine (C=N–C) groups is 2. The molecular formula is C50H52N2O4Ru+2. The molecule has 2 heterocycles. The van der Waals surface area contributed by atoms with Crippen LogP contribution in [0.5, 0.6) is 0 Å². The van der Waals surface area contributed by atoms with Crippen LogP contribution in [0.25, 0.3) is 0 Å². The zero-order valence-corrected chi connectivity index (χ0v) is 35.3. The summed E-state index contributed by atoms with van der Waals surface area (Å²) in [6.07, 6.45) is 11.8. The fourth-order valence-electron chi connectivity index (χ4n) is 7.45. The van der Waals surface area contributed by atoms with Crippen molar-refractivity contribution >= 4 is 11.8 Å². The Morgan fingerprint density at radius 2 is 0.737 bits per heavy atom. The summed E-state index contributed by atoms with van der Waals surface area (Å²) in [6.45, 7) is 14.2. The van der Waals surface area contributed by atoms with Crippen LogP contribution in [0.1, 0.15) is 63.8 Å². The number of hydrogen-bond acceptors (Lipinski definition) is 6. The molecule has 2 aliphatic heterocycles. The van der Waals surface area contributed by atoms with Gasteiger partial charge >= 0.3 is 19.5 Å². The van der Waals surface area contributed by atoms with Crippen LogP contribution in [0.4, 0.5) is 0 Å². The topological polar surface area (TPSA) is 83.6 Å². The Morgan fingerprint density at radius 3 is 0.982 bits per heavy atom. The van der Waals surface area contributed by atoms with E-state index in [1.165, 1.54) is 0 Å². The Kier molecular flexibility index (Phi) is 13.3. The molecule has 0 saturated heterocycles. The smallest absolute Gasteiger partial charge is 0.478 e. The van der Waals surface area contributed by atoms with Gasteiger partial charge in [0.1, 0.15) is 24.4 Å². The van der Waals surface area contributed by atoms with E-state index in [9.17, 15) is 10.2 Å². The van der Waals surface area contributed by atoms with E-state index in [1.54, 1.807) is 0 Å². The molecule has 0 bridgehead atoms. The Hall–Kier alpha value is -3.64. The second kappa shape index (κ2) is 17.7. The average Bonchev–Trinajstić information content (AvgIpc) is 4.05. The third-order valence-electron chi connectivity index (χ3n) is 10.9. The van der Waals surface area contributed by atoms with Crippen molar-refractivity contribution < 1.29 is 39.2 Å². The average molecular weight is 846 g/mol. The molecule has 0 unspecified atom stereocenters. The second-order valence-electron chi connectivity index (χ2n) is 16.8. The molecule has 2 atom stereocenters. The van der Waals surface area contributed by atoms with Crippen LogP contribution in [0.15, 0.2) is 131 Å². The molecule has 2 saturated carbocycles. The molecular weight excluding hydrogens is 794 g/mol. The maximum absolute atomic E-state index is 12.1. The van der Waals surface area contributed by atoms with E-state index < -0.39 is 11.2 Å². The summed E-state index contributed by atoms with van der Waals surface area (Å²) >= 11 is 0. The maximum atomic E-state index is 12.1. The summed E-state index contributed by atoms with van der Waals surface area (Å²) in [5, 5.41) is 24.1. The molecule has 4 aromatic carbocycles. The minimum Gasteiger partial charge on any atom is -0.478 e. The number of ether oxygens (including phenoxy) is 2. The van der Waals surface area contributed by atoms with Gasteiger partial charge in [0.2, 0.25) is 0 Å². The van der Waals surface area contributed by atoms with E-state index in [2.05, 4.69) is 41.5 Å². The number of nitrogens with zero attached hydrogens (tertiary/aromatic N) is 2. The third-order valence-corrected chi connectivity index (χ3v) is 10.9. The molecule has 7 heteroatoms. The molecule has 0 aromatic heterocycles. The first-order valence-corrected chi connectivity index (χ1v) is 19.4. The van der Waals surface area contributed by atoms with Crippen molar-refractivity contribution in [3.8, 4) is 0 Å². The van der Waals surface area contributed by atoms with Crippen LogP contribution < -0.4 is 0 Å². The number of rotatable bonds is 8. The van der Waals surface area contributed by atoms with E-state index in [0.29, 0.717) is 25.0 Å². The van der Waals surface area contributed by atoms with Gasteiger partial charge in [-0.15, -0.1) is 0 Å². The quantitative estimate of drug-likeness (QED) is 0.174. The molecule has 4 aromatic rings. The molecule has 292 valence electrons. The third kappa shape index (κ3) is 8.87. The Balaban J connectivity index is 0.000000189. The summed E-state index contributed by atoms with van der Waals surface area (Å²) in [6, 6.07) is 39.3. The summed E-state index contributed by atoms with van der Waals surface area (Å²) < 4.78 is 12.0. The van der Waals surface area contributed by atoms with Gasteiger partial charge in [-0.05, 0) is 71.6 Å². The maximum Gasteiger partial charge on any atom is 2.00 e. The van der Waals surface area contributed by atoms with Crippen molar-refractivity contribution in [1.29, 1.82) is 0 Å². The molecule has 8 rings (SSSR count). The van der Waals surface area contributed by atoms with E-state index in [4.69, 9.17) is 19.5 Å². The van der Waals surface area contributed by atoms with Crippen molar-refractivity contribution in [1.82, 2.24) is 0 Å². The normalized spacial score (nSPS) is 21.2. The predicted octanol–water partition coefficient (Wildman–Crippen LogP) is 9.08. The molecule has 2 aliphatic carbocycles.